The quantitative estimate of drug-likeness (QED) is 0.873. The van der Waals surface area contributed by atoms with Crippen LogP contribution in [0.1, 0.15) is 17.3 Å². The van der Waals surface area contributed by atoms with Gasteiger partial charge in [-0.25, -0.2) is 4.68 Å². The number of aromatic nitrogens is 3. The van der Waals surface area contributed by atoms with E-state index < -0.39 is 0 Å². The first kappa shape index (κ1) is 14.5. The lowest BCUT2D eigenvalue weighted by Crippen LogP contribution is -2.21. The van der Waals surface area contributed by atoms with Crippen LogP contribution in [0.2, 0.25) is 0 Å². The molecule has 0 amide bonds. The van der Waals surface area contributed by atoms with Gasteiger partial charge >= 0.3 is 0 Å². The minimum absolute atomic E-state index is 0.0427. The lowest BCUT2D eigenvalue weighted by atomic mass is 10.0. The Kier molecular flexibility index (Phi) is 4.59. The lowest BCUT2D eigenvalue weighted by molar-refractivity contribution is 0.413. The fraction of sp³-hybridized carbons (Fsp3) is 0.333. The lowest BCUT2D eigenvalue weighted by Gasteiger charge is -2.19. The number of nitrogens with zero attached hydrogens (tertiary/aromatic N) is 3. The van der Waals surface area contributed by atoms with E-state index in [9.17, 15) is 0 Å². The highest BCUT2D eigenvalue weighted by Gasteiger charge is 2.22. The van der Waals surface area contributed by atoms with Crippen LogP contribution < -0.4 is 10.1 Å². The number of ether oxygens (including phenoxy) is 1. The number of benzene rings is 1. The molecule has 0 aliphatic rings. The van der Waals surface area contributed by atoms with Crippen LogP contribution in [0.4, 0.5) is 0 Å². The van der Waals surface area contributed by atoms with Crippen molar-refractivity contribution in [2.24, 2.45) is 7.05 Å². The molecular formula is C12H14Br2N4O. The molecule has 0 radical (unpaired) electrons. The summed E-state index contributed by atoms with van der Waals surface area (Å²) in [5.74, 6) is 0.810. The first-order chi connectivity index (χ1) is 9.08. The van der Waals surface area contributed by atoms with Gasteiger partial charge in [-0.1, -0.05) is 21.1 Å². The van der Waals surface area contributed by atoms with E-state index >= 15 is 0 Å². The summed E-state index contributed by atoms with van der Waals surface area (Å²) in [7, 11) is 5.42. The van der Waals surface area contributed by atoms with Gasteiger partial charge in [0.05, 0.1) is 18.8 Å². The third-order valence-electron chi connectivity index (χ3n) is 2.90. The van der Waals surface area contributed by atoms with E-state index in [0.717, 1.165) is 26.1 Å². The second kappa shape index (κ2) is 6.02. The Balaban J connectivity index is 2.54. The van der Waals surface area contributed by atoms with Crippen molar-refractivity contribution < 1.29 is 4.74 Å². The Hall–Kier alpha value is -0.920. The summed E-state index contributed by atoms with van der Waals surface area (Å²) in [5, 5.41) is 11.3. The molecule has 102 valence electrons. The van der Waals surface area contributed by atoms with Gasteiger partial charge in [0.2, 0.25) is 0 Å². The fourth-order valence-electron chi connectivity index (χ4n) is 1.95. The number of hydrogen-bond acceptors (Lipinski definition) is 4. The van der Waals surface area contributed by atoms with Crippen LogP contribution in [0.3, 0.4) is 0 Å². The Labute approximate surface area is 128 Å². The van der Waals surface area contributed by atoms with Gasteiger partial charge in [-0.15, -0.1) is 5.10 Å². The molecule has 1 heterocycles. The third kappa shape index (κ3) is 2.82. The minimum Gasteiger partial charge on any atom is -0.497 e. The second-order valence-electron chi connectivity index (χ2n) is 4.00. The molecule has 0 aliphatic carbocycles. The predicted molar refractivity (Wildman–Crippen MR) is 80.3 cm³/mol. The van der Waals surface area contributed by atoms with Crippen LogP contribution in [0.25, 0.3) is 0 Å². The summed E-state index contributed by atoms with van der Waals surface area (Å²) in [6.45, 7) is 0. The molecule has 0 bridgehead atoms. The average molecular weight is 390 g/mol. The molecule has 7 heteroatoms. The summed E-state index contributed by atoms with van der Waals surface area (Å²) in [6, 6.07) is 5.83. The molecule has 1 aromatic carbocycles. The second-order valence-corrected chi connectivity index (χ2v) is 5.60. The van der Waals surface area contributed by atoms with E-state index in [1.807, 2.05) is 32.3 Å². The molecule has 0 spiro atoms. The Bertz CT molecular complexity index is 566. The zero-order valence-electron chi connectivity index (χ0n) is 10.8. The van der Waals surface area contributed by atoms with Gasteiger partial charge in [-0.05, 0) is 46.7 Å². The van der Waals surface area contributed by atoms with Crippen molar-refractivity contribution >= 4 is 31.9 Å². The SMILES string of the molecule is CNC(c1cc(OC)ccc1Br)c1c(Br)nnn1C. The largest absolute Gasteiger partial charge is 0.497 e. The molecular weight excluding hydrogens is 376 g/mol. The zero-order valence-corrected chi connectivity index (χ0v) is 14.0. The molecule has 1 unspecified atom stereocenters. The van der Waals surface area contributed by atoms with Gasteiger partial charge in [-0.2, -0.15) is 0 Å². The molecule has 0 aliphatic heterocycles. The maximum atomic E-state index is 5.28. The Morgan fingerprint density at radius 3 is 2.63 bits per heavy atom. The highest BCUT2D eigenvalue weighted by Crippen LogP contribution is 2.33. The van der Waals surface area contributed by atoms with Gasteiger partial charge in [0.1, 0.15) is 5.75 Å². The number of methoxy groups -OCH3 is 1. The number of hydrogen-bond donors (Lipinski definition) is 1. The number of halogens is 2. The number of nitrogens with one attached hydrogen (secondary N) is 1. The molecule has 0 saturated carbocycles. The molecule has 2 aromatic rings. The molecule has 5 nitrogen and oxygen atoms in total. The smallest absolute Gasteiger partial charge is 0.153 e. The molecule has 1 atom stereocenters. The standard InChI is InChI=1S/C12H14Br2N4O/c1-15-10(11-12(14)16-17-18(11)2)8-6-7(19-3)4-5-9(8)13/h4-6,10,15H,1-3H3. The van der Waals surface area contributed by atoms with Gasteiger partial charge in [0, 0.05) is 11.5 Å². The minimum atomic E-state index is -0.0427. The molecule has 19 heavy (non-hydrogen) atoms. The summed E-state index contributed by atoms with van der Waals surface area (Å²) < 4.78 is 8.76. The normalized spacial score (nSPS) is 12.5. The molecule has 1 aromatic heterocycles. The maximum absolute atomic E-state index is 5.28. The molecule has 1 N–H and O–H groups in total. The third-order valence-corrected chi connectivity index (χ3v) is 4.19. The highest BCUT2D eigenvalue weighted by molar-refractivity contribution is 9.10. The Morgan fingerprint density at radius 1 is 1.37 bits per heavy atom. The van der Waals surface area contributed by atoms with E-state index in [2.05, 4.69) is 47.5 Å². The van der Waals surface area contributed by atoms with Gasteiger partial charge in [0.25, 0.3) is 0 Å². The van der Waals surface area contributed by atoms with Crippen LogP contribution in [-0.2, 0) is 7.05 Å². The topological polar surface area (TPSA) is 52.0 Å². The summed E-state index contributed by atoms with van der Waals surface area (Å²) in [5.41, 5.74) is 2.02. The van der Waals surface area contributed by atoms with E-state index in [4.69, 9.17) is 4.74 Å². The summed E-state index contributed by atoms with van der Waals surface area (Å²) in [6.07, 6.45) is 0. The highest BCUT2D eigenvalue weighted by atomic mass is 79.9. The first-order valence-corrected chi connectivity index (χ1v) is 7.22. The van der Waals surface area contributed by atoms with Gasteiger partial charge in [0.15, 0.2) is 4.60 Å². The summed E-state index contributed by atoms with van der Waals surface area (Å²) in [4.78, 5) is 0. The summed E-state index contributed by atoms with van der Waals surface area (Å²) >= 11 is 7.01. The maximum Gasteiger partial charge on any atom is 0.153 e. The van der Waals surface area contributed by atoms with Crippen LogP contribution in [0, 0.1) is 0 Å². The fourth-order valence-corrected chi connectivity index (χ4v) is 2.99. The number of rotatable bonds is 4. The van der Waals surface area contributed by atoms with Crippen molar-refractivity contribution in [3.05, 3.63) is 38.5 Å². The predicted octanol–water partition coefficient (Wildman–Crippen LogP) is 2.66. The first-order valence-electron chi connectivity index (χ1n) is 5.64. The number of aryl methyl sites for hydroxylation is 1. The van der Waals surface area contributed by atoms with Crippen molar-refractivity contribution in [1.29, 1.82) is 0 Å². The van der Waals surface area contributed by atoms with Gasteiger partial charge < -0.3 is 10.1 Å². The van der Waals surface area contributed by atoms with Crippen LogP contribution in [0.5, 0.6) is 5.75 Å². The zero-order chi connectivity index (χ0) is 14.0. The van der Waals surface area contributed by atoms with Crippen molar-refractivity contribution in [2.45, 2.75) is 6.04 Å². The van der Waals surface area contributed by atoms with E-state index in [0.29, 0.717) is 0 Å². The van der Waals surface area contributed by atoms with Gasteiger partial charge in [-0.3, -0.25) is 0 Å². The van der Waals surface area contributed by atoms with Crippen LogP contribution in [-0.4, -0.2) is 29.2 Å². The van der Waals surface area contributed by atoms with Crippen molar-refractivity contribution in [3.63, 3.8) is 0 Å². The van der Waals surface area contributed by atoms with E-state index in [1.54, 1.807) is 11.8 Å². The molecule has 0 saturated heterocycles. The van der Waals surface area contributed by atoms with Crippen LogP contribution in [0.15, 0.2) is 27.3 Å². The van der Waals surface area contributed by atoms with Crippen LogP contribution >= 0.6 is 31.9 Å². The van der Waals surface area contributed by atoms with Crippen molar-refractivity contribution in [2.75, 3.05) is 14.2 Å². The van der Waals surface area contributed by atoms with E-state index in [-0.39, 0.29) is 6.04 Å². The van der Waals surface area contributed by atoms with E-state index in [1.165, 1.54) is 0 Å². The van der Waals surface area contributed by atoms with Crippen molar-refractivity contribution in [3.8, 4) is 5.75 Å². The Morgan fingerprint density at radius 2 is 2.11 bits per heavy atom. The van der Waals surface area contributed by atoms with Crippen molar-refractivity contribution in [1.82, 2.24) is 20.3 Å². The monoisotopic (exact) mass is 388 g/mol. The average Bonchev–Trinajstić information content (AvgIpc) is 2.73. The molecule has 2 rings (SSSR count). The molecule has 0 fully saturated rings.